The summed E-state index contributed by atoms with van der Waals surface area (Å²) in [5.41, 5.74) is 1.14. The van der Waals surface area contributed by atoms with E-state index in [0.717, 1.165) is 47.8 Å². The van der Waals surface area contributed by atoms with Gasteiger partial charge in [0.15, 0.2) is 0 Å². The quantitative estimate of drug-likeness (QED) is 0.771. The van der Waals surface area contributed by atoms with E-state index in [1.54, 1.807) is 23.1 Å². The third kappa shape index (κ3) is 3.64. The molecule has 30 heavy (non-hydrogen) atoms. The smallest absolute Gasteiger partial charge is 0.266 e. The van der Waals surface area contributed by atoms with Crippen molar-refractivity contribution in [1.82, 2.24) is 9.62 Å². The molecule has 0 radical (unpaired) electrons. The number of hydrogen-bond donors (Lipinski definition) is 1. The van der Waals surface area contributed by atoms with Gasteiger partial charge in [-0.05, 0) is 62.9 Å². The molecule has 1 aliphatic carbocycles. The minimum Gasteiger partial charge on any atom is -0.316 e. The fourth-order valence-corrected chi connectivity index (χ4v) is 6.39. The molecule has 164 valence electrons. The van der Waals surface area contributed by atoms with Crippen LogP contribution in [0.3, 0.4) is 0 Å². The topological polar surface area (TPSA) is 86.8 Å². The second kappa shape index (κ2) is 7.64. The summed E-state index contributed by atoms with van der Waals surface area (Å²) in [5, 5.41) is 3.21. The number of sulfonamides is 1. The van der Waals surface area contributed by atoms with E-state index in [-0.39, 0.29) is 28.7 Å². The van der Waals surface area contributed by atoms with Gasteiger partial charge >= 0.3 is 0 Å². The van der Waals surface area contributed by atoms with Crippen LogP contribution in [-0.4, -0.2) is 50.2 Å². The summed E-state index contributed by atoms with van der Waals surface area (Å²) in [5.74, 6) is -0.534. The highest BCUT2D eigenvalue weighted by molar-refractivity contribution is 7.89. The number of piperidine rings is 1. The van der Waals surface area contributed by atoms with Gasteiger partial charge in [0.2, 0.25) is 11.8 Å². The molecule has 4 rings (SSSR count). The number of amides is 2. The number of anilines is 1. The Morgan fingerprint density at radius 1 is 1.27 bits per heavy atom. The van der Waals surface area contributed by atoms with Crippen LogP contribution in [-0.2, 0) is 25.0 Å². The molecule has 1 saturated carbocycles. The summed E-state index contributed by atoms with van der Waals surface area (Å²) in [6, 6.07) is 4.72. The van der Waals surface area contributed by atoms with E-state index in [2.05, 4.69) is 5.32 Å². The van der Waals surface area contributed by atoms with Gasteiger partial charge < -0.3 is 10.2 Å². The molecule has 8 heteroatoms. The monoisotopic (exact) mass is 433 g/mol. The Hall–Kier alpha value is -1.93. The van der Waals surface area contributed by atoms with Crippen LogP contribution in [0, 0.1) is 5.92 Å². The molecular weight excluding hydrogens is 402 g/mol. The first-order chi connectivity index (χ1) is 14.2. The van der Waals surface area contributed by atoms with Crippen LogP contribution in [0.15, 0.2) is 23.1 Å². The second-order valence-electron chi connectivity index (χ2n) is 9.29. The molecule has 1 saturated heterocycles. The lowest BCUT2D eigenvalue weighted by Crippen LogP contribution is -2.47. The SMILES string of the molecule is CCN1C(=O)CC(C)(C)c2cc(S(=O)(=O)N(C(=O)C3CCCNC3)C3CC3)ccc21. The average Bonchev–Trinajstić information content (AvgIpc) is 3.53. The highest BCUT2D eigenvalue weighted by atomic mass is 32.2. The number of rotatable bonds is 5. The molecule has 1 aromatic rings. The van der Waals surface area contributed by atoms with E-state index in [1.165, 1.54) is 0 Å². The fourth-order valence-electron chi connectivity index (χ4n) is 4.66. The van der Waals surface area contributed by atoms with Gasteiger partial charge in [-0.3, -0.25) is 9.59 Å². The van der Waals surface area contributed by atoms with Crippen molar-refractivity contribution in [3.63, 3.8) is 0 Å². The molecule has 7 nitrogen and oxygen atoms in total. The van der Waals surface area contributed by atoms with Crippen LogP contribution in [0.4, 0.5) is 5.69 Å². The first kappa shape index (κ1) is 21.3. The maximum absolute atomic E-state index is 13.6. The Balaban J connectivity index is 1.73. The highest BCUT2D eigenvalue weighted by Crippen LogP contribution is 2.42. The lowest BCUT2D eigenvalue weighted by molar-refractivity contribution is -0.131. The van der Waals surface area contributed by atoms with E-state index in [1.807, 2.05) is 20.8 Å². The highest BCUT2D eigenvalue weighted by Gasteiger charge is 2.45. The standard InChI is InChI=1S/C22H31N3O4S/c1-4-24-19-10-9-17(12-18(19)22(2,3)13-20(24)26)30(28,29)25(16-7-8-16)21(27)15-6-5-11-23-14-15/h9-10,12,15-16,23H,4-8,11,13-14H2,1-3H3. The van der Waals surface area contributed by atoms with Crippen molar-refractivity contribution in [1.29, 1.82) is 0 Å². The third-order valence-electron chi connectivity index (χ3n) is 6.50. The van der Waals surface area contributed by atoms with Gasteiger partial charge in [0.25, 0.3) is 10.0 Å². The predicted molar refractivity (Wildman–Crippen MR) is 115 cm³/mol. The van der Waals surface area contributed by atoms with E-state index in [4.69, 9.17) is 0 Å². The van der Waals surface area contributed by atoms with E-state index in [0.29, 0.717) is 19.5 Å². The number of nitrogens with one attached hydrogen (secondary N) is 1. The van der Waals surface area contributed by atoms with Crippen LogP contribution in [0.2, 0.25) is 0 Å². The Morgan fingerprint density at radius 3 is 2.60 bits per heavy atom. The zero-order valence-corrected chi connectivity index (χ0v) is 18.8. The Bertz CT molecular complexity index is 963. The zero-order chi connectivity index (χ0) is 21.7. The molecule has 1 aromatic carbocycles. The zero-order valence-electron chi connectivity index (χ0n) is 18.0. The minimum absolute atomic E-state index is 0.0465. The summed E-state index contributed by atoms with van der Waals surface area (Å²) in [7, 11) is -3.96. The third-order valence-corrected chi connectivity index (χ3v) is 8.34. The average molecular weight is 434 g/mol. The van der Waals surface area contributed by atoms with Crippen molar-refractivity contribution in [2.45, 2.75) is 69.2 Å². The summed E-state index contributed by atoms with van der Waals surface area (Å²) < 4.78 is 28.4. The van der Waals surface area contributed by atoms with Gasteiger partial charge in [0.05, 0.1) is 10.8 Å². The Labute approximate surface area is 178 Å². The van der Waals surface area contributed by atoms with Crippen LogP contribution in [0.25, 0.3) is 0 Å². The maximum atomic E-state index is 13.6. The molecule has 0 aromatic heterocycles. The number of nitrogens with zero attached hydrogens (tertiary/aromatic N) is 2. The van der Waals surface area contributed by atoms with E-state index >= 15 is 0 Å². The Morgan fingerprint density at radius 2 is 2.00 bits per heavy atom. The largest absolute Gasteiger partial charge is 0.316 e. The molecule has 3 aliphatic rings. The number of benzene rings is 1. The molecule has 1 N–H and O–H groups in total. The van der Waals surface area contributed by atoms with Crippen LogP contribution in [0.1, 0.15) is 58.4 Å². The summed E-state index contributed by atoms with van der Waals surface area (Å²) in [6.07, 6.45) is 3.37. The van der Waals surface area contributed by atoms with Crippen molar-refractivity contribution in [3.8, 4) is 0 Å². The van der Waals surface area contributed by atoms with Gasteiger partial charge in [-0.2, -0.15) is 0 Å². The van der Waals surface area contributed by atoms with E-state index < -0.39 is 15.4 Å². The normalized spacial score (nSPS) is 23.8. The first-order valence-electron chi connectivity index (χ1n) is 10.9. The Kier molecular flexibility index (Phi) is 5.43. The molecule has 1 atom stereocenters. The van der Waals surface area contributed by atoms with Crippen LogP contribution < -0.4 is 10.2 Å². The van der Waals surface area contributed by atoms with Gasteiger partial charge in [-0.25, -0.2) is 12.7 Å². The molecule has 0 spiro atoms. The number of fused-ring (bicyclic) bond motifs is 1. The summed E-state index contributed by atoms with van der Waals surface area (Å²) in [4.78, 5) is 27.6. The van der Waals surface area contributed by atoms with Gasteiger partial charge in [-0.15, -0.1) is 0 Å². The number of carbonyl (C=O) groups is 2. The second-order valence-corrected chi connectivity index (χ2v) is 11.1. The fraction of sp³-hybridized carbons (Fsp3) is 0.636. The molecule has 2 heterocycles. The van der Waals surface area contributed by atoms with Crippen molar-refractivity contribution < 1.29 is 18.0 Å². The van der Waals surface area contributed by atoms with Gasteiger partial charge in [0, 0.05) is 36.7 Å². The van der Waals surface area contributed by atoms with Crippen LogP contribution in [0.5, 0.6) is 0 Å². The lowest BCUT2D eigenvalue weighted by atomic mass is 9.77. The van der Waals surface area contributed by atoms with Gasteiger partial charge in [-0.1, -0.05) is 13.8 Å². The van der Waals surface area contributed by atoms with Crippen molar-refractivity contribution >= 4 is 27.5 Å². The minimum atomic E-state index is -3.96. The molecule has 0 bridgehead atoms. The molecule has 2 amide bonds. The van der Waals surface area contributed by atoms with Crippen molar-refractivity contribution in [2.75, 3.05) is 24.5 Å². The predicted octanol–water partition coefficient (Wildman–Crippen LogP) is 2.40. The van der Waals surface area contributed by atoms with E-state index in [9.17, 15) is 18.0 Å². The number of carbonyl (C=O) groups excluding carboxylic acids is 2. The van der Waals surface area contributed by atoms with Crippen molar-refractivity contribution in [2.24, 2.45) is 5.92 Å². The van der Waals surface area contributed by atoms with Gasteiger partial charge in [0.1, 0.15) is 0 Å². The van der Waals surface area contributed by atoms with Crippen molar-refractivity contribution in [3.05, 3.63) is 23.8 Å². The molecular formula is C22H31N3O4S. The number of hydrogen-bond acceptors (Lipinski definition) is 5. The first-order valence-corrected chi connectivity index (χ1v) is 12.3. The molecule has 2 fully saturated rings. The summed E-state index contributed by atoms with van der Waals surface area (Å²) >= 11 is 0. The summed E-state index contributed by atoms with van der Waals surface area (Å²) in [6.45, 7) is 7.77. The molecule has 2 aliphatic heterocycles. The molecule has 1 unspecified atom stereocenters. The lowest BCUT2D eigenvalue weighted by Gasteiger charge is -2.38. The van der Waals surface area contributed by atoms with Crippen LogP contribution >= 0.6 is 0 Å². The maximum Gasteiger partial charge on any atom is 0.266 e.